The fourth-order valence-electron chi connectivity index (χ4n) is 2.67. The highest BCUT2D eigenvalue weighted by atomic mass is 16.6. The number of pyridine rings is 1. The maximum atomic E-state index is 10.6. The molecule has 0 aliphatic carbocycles. The second-order valence-corrected chi connectivity index (χ2v) is 5.38. The van der Waals surface area contributed by atoms with E-state index in [4.69, 9.17) is 15.2 Å². The van der Waals surface area contributed by atoms with Gasteiger partial charge in [-0.15, -0.1) is 0 Å². The van der Waals surface area contributed by atoms with Crippen LogP contribution in [0.15, 0.2) is 18.6 Å². The Hall–Kier alpha value is -1.74. The fourth-order valence-corrected chi connectivity index (χ4v) is 2.67. The maximum Gasteiger partial charge on any atom is 0.168 e. The third kappa shape index (κ3) is 2.07. The monoisotopic (exact) mass is 294 g/mol. The normalized spacial score (nSPS) is 32.9. The minimum Gasteiger partial charge on any atom is -0.397 e. The highest BCUT2D eigenvalue weighted by molar-refractivity contribution is 5.83. The average Bonchev–Trinajstić information content (AvgIpc) is 2.95. The predicted octanol–water partition coefficient (Wildman–Crippen LogP) is -0.331. The summed E-state index contributed by atoms with van der Waals surface area (Å²) < 4.78 is 12.3. The number of aliphatic hydroxyl groups is 2. The first-order valence-corrected chi connectivity index (χ1v) is 6.58. The van der Waals surface area contributed by atoms with Crippen LogP contribution in [0.5, 0.6) is 0 Å². The summed E-state index contributed by atoms with van der Waals surface area (Å²) in [4.78, 5) is 8.42. The van der Waals surface area contributed by atoms with Crippen molar-refractivity contribution in [1.82, 2.24) is 14.5 Å². The van der Waals surface area contributed by atoms with Gasteiger partial charge in [-0.25, -0.2) is 9.97 Å². The SMILES string of the molecule is COC[C@H]1O[C@@H](n2cnc3c(N)ccnc32)[C@](C)(O)[C@@H]1O. The second-order valence-electron chi connectivity index (χ2n) is 5.38. The molecule has 2 aromatic rings. The Kier molecular flexibility index (Phi) is 3.33. The molecule has 0 amide bonds. The van der Waals surface area contributed by atoms with Gasteiger partial charge >= 0.3 is 0 Å². The first-order valence-electron chi connectivity index (χ1n) is 6.58. The number of nitrogen functional groups attached to an aromatic ring is 1. The zero-order chi connectivity index (χ0) is 15.2. The molecule has 4 atom stereocenters. The lowest BCUT2D eigenvalue weighted by Gasteiger charge is -2.27. The molecule has 2 aromatic heterocycles. The van der Waals surface area contributed by atoms with Crippen molar-refractivity contribution in [2.75, 3.05) is 19.5 Å². The van der Waals surface area contributed by atoms with Crippen LogP contribution in [0.4, 0.5) is 5.69 Å². The van der Waals surface area contributed by atoms with Gasteiger partial charge in [0.05, 0.1) is 18.6 Å². The van der Waals surface area contributed by atoms with E-state index in [0.29, 0.717) is 16.9 Å². The summed E-state index contributed by atoms with van der Waals surface area (Å²) in [6.07, 6.45) is 0.513. The molecule has 0 bridgehead atoms. The highest BCUT2D eigenvalue weighted by Gasteiger charge is 2.53. The van der Waals surface area contributed by atoms with Crippen LogP contribution in [0.1, 0.15) is 13.2 Å². The molecule has 8 nitrogen and oxygen atoms in total. The van der Waals surface area contributed by atoms with Gasteiger partial charge in [0, 0.05) is 13.3 Å². The van der Waals surface area contributed by atoms with Crippen LogP contribution in [-0.2, 0) is 9.47 Å². The number of anilines is 1. The molecule has 8 heteroatoms. The Bertz CT molecular complexity index is 657. The molecule has 1 aliphatic rings. The van der Waals surface area contributed by atoms with Gasteiger partial charge in [-0.2, -0.15) is 0 Å². The molecule has 0 spiro atoms. The average molecular weight is 294 g/mol. The number of hydrogen-bond donors (Lipinski definition) is 3. The smallest absolute Gasteiger partial charge is 0.168 e. The van der Waals surface area contributed by atoms with E-state index in [1.807, 2.05) is 0 Å². The number of nitrogens with two attached hydrogens (primary N) is 1. The van der Waals surface area contributed by atoms with Gasteiger partial charge in [0.1, 0.15) is 23.3 Å². The lowest BCUT2D eigenvalue weighted by atomic mass is 9.96. The van der Waals surface area contributed by atoms with Crippen molar-refractivity contribution in [1.29, 1.82) is 0 Å². The Morgan fingerprint density at radius 1 is 1.52 bits per heavy atom. The molecule has 1 saturated heterocycles. The molecular formula is C13H18N4O4. The summed E-state index contributed by atoms with van der Waals surface area (Å²) >= 11 is 0. The topological polar surface area (TPSA) is 116 Å². The Labute approximate surface area is 121 Å². The number of aromatic nitrogens is 3. The van der Waals surface area contributed by atoms with Crippen LogP contribution in [0.2, 0.25) is 0 Å². The minimum atomic E-state index is -1.50. The number of nitrogens with zero attached hydrogens (tertiary/aromatic N) is 3. The van der Waals surface area contributed by atoms with Crippen LogP contribution in [0, 0.1) is 0 Å². The van der Waals surface area contributed by atoms with Crippen LogP contribution < -0.4 is 5.73 Å². The van der Waals surface area contributed by atoms with E-state index in [-0.39, 0.29) is 6.61 Å². The standard InChI is InChI=1S/C13H18N4O4/c1-13(19)10(18)8(5-20-2)21-12(13)17-6-16-9-7(14)3-4-15-11(9)17/h3-4,6,8,10,12,18-19H,5H2,1-2H3,(H2,14,15)/t8-,10-,12-,13-/m1/s1. The molecular weight excluding hydrogens is 276 g/mol. The molecule has 3 heterocycles. The number of ether oxygens (including phenoxy) is 2. The van der Waals surface area contributed by atoms with Crippen molar-refractivity contribution in [3.63, 3.8) is 0 Å². The number of fused-ring (bicyclic) bond motifs is 1. The van der Waals surface area contributed by atoms with Crippen LogP contribution in [0.3, 0.4) is 0 Å². The van der Waals surface area contributed by atoms with E-state index < -0.39 is 24.0 Å². The predicted molar refractivity (Wildman–Crippen MR) is 74.4 cm³/mol. The summed E-state index contributed by atoms with van der Waals surface area (Å²) in [5.41, 5.74) is 5.86. The summed E-state index contributed by atoms with van der Waals surface area (Å²) in [6.45, 7) is 1.69. The molecule has 3 rings (SSSR count). The van der Waals surface area contributed by atoms with Crippen molar-refractivity contribution in [2.45, 2.75) is 31.0 Å². The van der Waals surface area contributed by atoms with Crippen LogP contribution >= 0.6 is 0 Å². The third-order valence-corrected chi connectivity index (χ3v) is 3.83. The van der Waals surface area contributed by atoms with Gasteiger partial charge in [-0.1, -0.05) is 0 Å². The maximum absolute atomic E-state index is 10.6. The van der Waals surface area contributed by atoms with Gasteiger partial charge in [-0.05, 0) is 13.0 Å². The van der Waals surface area contributed by atoms with Gasteiger partial charge in [0.2, 0.25) is 0 Å². The van der Waals surface area contributed by atoms with E-state index >= 15 is 0 Å². The van der Waals surface area contributed by atoms with Gasteiger partial charge in [-0.3, -0.25) is 4.57 Å². The van der Waals surface area contributed by atoms with Crippen molar-refractivity contribution >= 4 is 16.9 Å². The van der Waals surface area contributed by atoms with Gasteiger partial charge in [0.15, 0.2) is 11.9 Å². The van der Waals surface area contributed by atoms with E-state index in [2.05, 4.69) is 9.97 Å². The molecule has 1 aliphatic heterocycles. The van der Waals surface area contributed by atoms with E-state index in [1.165, 1.54) is 20.4 Å². The molecule has 1 fully saturated rings. The van der Waals surface area contributed by atoms with Crippen molar-refractivity contribution in [3.8, 4) is 0 Å². The zero-order valence-electron chi connectivity index (χ0n) is 11.8. The molecule has 0 radical (unpaired) electrons. The van der Waals surface area contributed by atoms with E-state index in [1.54, 1.807) is 16.8 Å². The molecule has 0 unspecified atom stereocenters. The number of imidazole rings is 1. The molecule has 0 aromatic carbocycles. The van der Waals surface area contributed by atoms with Crippen molar-refractivity contribution < 1.29 is 19.7 Å². The number of hydrogen-bond acceptors (Lipinski definition) is 7. The molecule has 4 N–H and O–H groups in total. The van der Waals surface area contributed by atoms with Crippen molar-refractivity contribution in [3.05, 3.63) is 18.6 Å². The van der Waals surface area contributed by atoms with Gasteiger partial charge < -0.3 is 25.4 Å². The lowest BCUT2D eigenvalue weighted by Crippen LogP contribution is -2.44. The van der Waals surface area contributed by atoms with E-state index in [0.717, 1.165) is 0 Å². The molecule has 21 heavy (non-hydrogen) atoms. The van der Waals surface area contributed by atoms with Crippen LogP contribution in [-0.4, -0.2) is 56.3 Å². The summed E-state index contributed by atoms with van der Waals surface area (Å²) in [5, 5.41) is 20.8. The first kappa shape index (κ1) is 14.2. The van der Waals surface area contributed by atoms with Gasteiger partial charge in [0.25, 0.3) is 0 Å². The third-order valence-electron chi connectivity index (χ3n) is 3.83. The Morgan fingerprint density at radius 2 is 2.29 bits per heavy atom. The molecule has 0 saturated carbocycles. The largest absolute Gasteiger partial charge is 0.397 e. The van der Waals surface area contributed by atoms with Crippen LogP contribution in [0.25, 0.3) is 11.2 Å². The lowest BCUT2D eigenvalue weighted by molar-refractivity contribution is -0.0956. The number of methoxy groups -OCH3 is 1. The zero-order valence-corrected chi connectivity index (χ0v) is 11.8. The summed E-state index contributed by atoms with van der Waals surface area (Å²) in [7, 11) is 1.51. The fraction of sp³-hybridized carbons (Fsp3) is 0.538. The first-order chi connectivity index (χ1) is 9.96. The second kappa shape index (κ2) is 4.92. The number of aliphatic hydroxyl groups excluding tert-OH is 1. The van der Waals surface area contributed by atoms with Crippen molar-refractivity contribution in [2.24, 2.45) is 0 Å². The summed E-state index contributed by atoms with van der Waals surface area (Å²) in [5.74, 6) is 0. The van der Waals surface area contributed by atoms with E-state index in [9.17, 15) is 10.2 Å². The quantitative estimate of drug-likeness (QED) is 0.709. The minimum absolute atomic E-state index is 0.177. The number of rotatable bonds is 3. The Balaban J connectivity index is 2.04. The summed E-state index contributed by atoms with van der Waals surface area (Å²) in [6, 6.07) is 1.65. The molecule has 114 valence electrons. The Morgan fingerprint density at radius 3 is 3.00 bits per heavy atom. The highest BCUT2D eigenvalue weighted by Crippen LogP contribution is 2.39.